The average molecular weight is 420 g/mol. The number of hydrogen-bond donors (Lipinski definition) is 2. The third-order valence-corrected chi connectivity index (χ3v) is 4.81. The van der Waals surface area contributed by atoms with Crippen molar-refractivity contribution in [3.05, 3.63) is 54.7 Å². The van der Waals surface area contributed by atoms with E-state index >= 15 is 0 Å². The number of rotatable bonds is 7. The normalized spacial score (nSPS) is 14.1. The summed E-state index contributed by atoms with van der Waals surface area (Å²) in [6.07, 6.45) is 9.74. The van der Waals surface area contributed by atoms with Gasteiger partial charge in [0.05, 0.1) is 18.4 Å². The molecule has 2 N–H and O–H groups in total. The van der Waals surface area contributed by atoms with Crippen molar-refractivity contribution >= 4 is 5.91 Å². The highest BCUT2D eigenvalue weighted by molar-refractivity contribution is 5.93. The van der Waals surface area contributed by atoms with Crippen LogP contribution in [0.25, 0.3) is 11.4 Å². The van der Waals surface area contributed by atoms with Crippen molar-refractivity contribution in [1.82, 2.24) is 30.6 Å². The van der Waals surface area contributed by atoms with Crippen LogP contribution in [0.1, 0.15) is 30.1 Å². The van der Waals surface area contributed by atoms with E-state index in [0.717, 1.165) is 25.9 Å². The van der Waals surface area contributed by atoms with E-state index in [9.17, 15) is 4.79 Å². The van der Waals surface area contributed by atoms with Gasteiger partial charge in [0.15, 0.2) is 11.6 Å². The molecule has 1 fully saturated rings. The highest BCUT2D eigenvalue weighted by Gasteiger charge is 2.17. The lowest BCUT2D eigenvalue weighted by Gasteiger charge is -2.23. The summed E-state index contributed by atoms with van der Waals surface area (Å²) in [4.78, 5) is 29.5. The van der Waals surface area contributed by atoms with Crippen LogP contribution in [0, 0.1) is 0 Å². The second-order valence-electron chi connectivity index (χ2n) is 7.04. The summed E-state index contributed by atoms with van der Waals surface area (Å²) in [6, 6.07) is 5.52. The molecule has 0 spiro atoms. The van der Waals surface area contributed by atoms with Gasteiger partial charge < -0.3 is 20.1 Å². The van der Waals surface area contributed by atoms with E-state index in [1.807, 2.05) is 6.92 Å². The molecule has 4 rings (SSSR count). The largest absolute Gasteiger partial charge is 0.488 e. The zero-order valence-electron chi connectivity index (χ0n) is 17.2. The maximum atomic E-state index is 12.4. The number of carbonyl (C=O) groups is 1. The summed E-state index contributed by atoms with van der Waals surface area (Å²) in [5.74, 6) is 1.67. The Labute approximate surface area is 180 Å². The molecule has 1 aliphatic rings. The number of ether oxygens (including phenoxy) is 2. The summed E-state index contributed by atoms with van der Waals surface area (Å²) in [7, 11) is 0. The van der Waals surface area contributed by atoms with Gasteiger partial charge in [0.25, 0.3) is 11.8 Å². The lowest BCUT2D eigenvalue weighted by Crippen LogP contribution is -2.42. The van der Waals surface area contributed by atoms with Crippen LogP contribution < -0.4 is 20.1 Å². The Bertz CT molecular complexity index is 1020. The molecule has 1 saturated heterocycles. The smallest absolute Gasteiger partial charge is 0.262 e. The predicted octanol–water partition coefficient (Wildman–Crippen LogP) is 2.61. The first kappa shape index (κ1) is 20.7. The molecule has 4 heterocycles. The highest BCUT2D eigenvalue weighted by Crippen LogP contribution is 2.30. The van der Waals surface area contributed by atoms with Crippen LogP contribution in [0.3, 0.4) is 0 Å². The average Bonchev–Trinajstić information content (AvgIpc) is 2.81. The topological polar surface area (TPSA) is 111 Å². The molecule has 0 bridgehead atoms. The number of hydrogen-bond acceptors (Lipinski definition) is 8. The van der Waals surface area contributed by atoms with Crippen LogP contribution >= 0.6 is 0 Å². The molecule has 0 aliphatic carbocycles. The molecule has 9 heteroatoms. The Morgan fingerprint density at radius 2 is 1.97 bits per heavy atom. The molecule has 160 valence electrons. The molecule has 0 atom stereocenters. The Balaban J connectivity index is 1.46. The standard InChI is InChI=1S/C22H24N6O3/c1-2-30-19-4-3-7-25-22(19)31-18-10-15(11-24-14-18)20-26-12-16(13-27-20)21(29)28-17-5-8-23-9-6-17/h3-4,7,10-14,17,23H,2,5-6,8-9H2,1H3,(H,28,29). The molecular weight excluding hydrogens is 396 g/mol. The molecular formula is C22H24N6O3. The molecule has 0 unspecified atom stereocenters. The SMILES string of the molecule is CCOc1cccnc1Oc1cncc(-c2ncc(C(=O)NC3CCNCC3)cn2)c1. The molecule has 9 nitrogen and oxygen atoms in total. The van der Waals surface area contributed by atoms with E-state index in [1.165, 1.54) is 12.4 Å². The van der Waals surface area contributed by atoms with Gasteiger partial charge in [-0.2, -0.15) is 0 Å². The molecule has 0 aromatic carbocycles. The fourth-order valence-electron chi connectivity index (χ4n) is 3.26. The third kappa shape index (κ3) is 5.32. The van der Waals surface area contributed by atoms with Crippen molar-refractivity contribution in [2.45, 2.75) is 25.8 Å². The summed E-state index contributed by atoms with van der Waals surface area (Å²) < 4.78 is 11.4. The van der Waals surface area contributed by atoms with Crippen LogP contribution in [-0.4, -0.2) is 51.6 Å². The number of amides is 1. The van der Waals surface area contributed by atoms with E-state index in [-0.39, 0.29) is 11.9 Å². The molecule has 1 aliphatic heterocycles. The van der Waals surface area contributed by atoms with Gasteiger partial charge in [-0.05, 0) is 51.1 Å². The minimum absolute atomic E-state index is 0.160. The Morgan fingerprint density at radius 3 is 2.74 bits per heavy atom. The van der Waals surface area contributed by atoms with Crippen molar-refractivity contribution in [2.75, 3.05) is 19.7 Å². The fraction of sp³-hybridized carbons (Fsp3) is 0.318. The number of pyridine rings is 2. The fourth-order valence-corrected chi connectivity index (χ4v) is 3.26. The van der Waals surface area contributed by atoms with Crippen molar-refractivity contribution in [3.63, 3.8) is 0 Å². The Kier molecular flexibility index (Phi) is 6.63. The monoisotopic (exact) mass is 420 g/mol. The van der Waals surface area contributed by atoms with Crippen LogP contribution in [0.2, 0.25) is 0 Å². The van der Waals surface area contributed by atoms with Crippen molar-refractivity contribution < 1.29 is 14.3 Å². The maximum absolute atomic E-state index is 12.4. The predicted molar refractivity (Wildman–Crippen MR) is 114 cm³/mol. The second kappa shape index (κ2) is 9.94. The summed E-state index contributed by atoms with van der Waals surface area (Å²) in [6.45, 7) is 4.23. The molecule has 0 radical (unpaired) electrons. The van der Waals surface area contributed by atoms with Crippen LogP contribution in [-0.2, 0) is 0 Å². The summed E-state index contributed by atoms with van der Waals surface area (Å²) in [5, 5.41) is 6.32. The number of nitrogens with one attached hydrogen (secondary N) is 2. The summed E-state index contributed by atoms with van der Waals surface area (Å²) in [5.41, 5.74) is 1.09. The Hall–Kier alpha value is -3.59. The number of piperidine rings is 1. The second-order valence-corrected chi connectivity index (χ2v) is 7.04. The van der Waals surface area contributed by atoms with E-state index in [0.29, 0.717) is 40.9 Å². The first-order valence-corrected chi connectivity index (χ1v) is 10.3. The van der Waals surface area contributed by atoms with Crippen molar-refractivity contribution in [2.24, 2.45) is 0 Å². The molecule has 0 saturated carbocycles. The van der Waals surface area contributed by atoms with Gasteiger partial charge in [-0.25, -0.2) is 15.0 Å². The minimum atomic E-state index is -0.160. The lowest BCUT2D eigenvalue weighted by atomic mass is 10.1. The summed E-state index contributed by atoms with van der Waals surface area (Å²) >= 11 is 0. The zero-order chi connectivity index (χ0) is 21.5. The Morgan fingerprint density at radius 1 is 1.16 bits per heavy atom. The number of nitrogens with zero attached hydrogens (tertiary/aromatic N) is 4. The minimum Gasteiger partial charge on any atom is -0.488 e. The first-order valence-electron chi connectivity index (χ1n) is 10.3. The molecule has 31 heavy (non-hydrogen) atoms. The number of carbonyl (C=O) groups excluding carboxylic acids is 1. The van der Waals surface area contributed by atoms with Gasteiger partial charge in [-0.1, -0.05) is 0 Å². The van der Waals surface area contributed by atoms with Gasteiger partial charge in [0.1, 0.15) is 5.75 Å². The van der Waals surface area contributed by atoms with Crippen LogP contribution in [0.15, 0.2) is 49.2 Å². The van der Waals surface area contributed by atoms with Crippen molar-refractivity contribution in [3.8, 4) is 28.8 Å². The zero-order valence-corrected chi connectivity index (χ0v) is 17.2. The van der Waals surface area contributed by atoms with E-state index in [2.05, 4.69) is 30.6 Å². The van der Waals surface area contributed by atoms with Gasteiger partial charge >= 0.3 is 0 Å². The van der Waals surface area contributed by atoms with E-state index in [1.54, 1.807) is 36.8 Å². The quantitative estimate of drug-likeness (QED) is 0.600. The maximum Gasteiger partial charge on any atom is 0.262 e. The van der Waals surface area contributed by atoms with E-state index < -0.39 is 0 Å². The van der Waals surface area contributed by atoms with Gasteiger partial charge in [0.2, 0.25) is 0 Å². The van der Waals surface area contributed by atoms with E-state index in [4.69, 9.17) is 9.47 Å². The molecule has 1 amide bonds. The van der Waals surface area contributed by atoms with Crippen LogP contribution in [0.5, 0.6) is 17.4 Å². The molecule has 3 aromatic heterocycles. The van der Waals surface area contributed by atoms with Gasteiger partial charge in [-0.15, -0.1) is 0 Å². The first-order chi connectivity index (χ1) is 15.2. The van der Waals surface area contributed by atoms with Crippen LogP contribution in [0.4, 0.5) is 0 Å². The van der Waals surface area contributed by atoms with Crippen molar-refractivity contribution in [1.29, 1.82) is 0 Å². The highest BCUT2D eigenvalue weighted by atomic mass is 16.5. The van der Waals surface area contributed by atoms with Gasteiger partial charge in [0, 0.05) is 36.4 Å². The third-order valence-electron chi connectivity index (χ3n) is 4.81. The lowest BCUT2D eigenvalue weighted by molar-refractivity contribution is 0.0929. The van der Waals surface area contributed by atoms with Gasteiger partial charge in [-0.3, -0.25) is 9.78 Å². The molecule has 3 aromatic rings. The number of aromatic nitrogens is 4.